The van der Waals surface area contributed by atoms with E-state index in [0.29, 0.717) is 25.7 Å². The molecular weight excluding hydrogens is 441 g/mol. The third kappa shape index (κ3) is 3.37. The number of pyridine rings is 1. The Hall–Kier alpha value is -2.12. The van der Waals surface area contributed by atoms with Gasteiger partial charge in [0.05, 0.1) is 17.0 Å². The standard InChI is InChI=1S/C19H12Cl3N3O2S/c1-10-3-2-4-24-16(10)25(9-14-8-23-19(22)28-14)18(27)15(17(24)26)11-5-12(20)7-13(21)6-11/h2-8H,9H2,1H3. The van der Waals surface area contributed by atoms with E-state index < -0.39 is 11.4 Å². The number of benzene rings is 1. The Bertz CT molecular complexity index is 1260. The summed E-state index contributed by atoms with van der Waals surface area (Å²) in [6.07, 6.45) is 3.26. The van der Waals surface area contributed by atoms with Crippen LogP contribution in [-0.2, 0) is 6.54 Å². The van der Waals surface area contributed by atoms with Crippen molar-refractivity contribution in [2.24, 2.45) is 0 Å². The summed E-state index contributed by atoms with van der Waals surface area (Å²) in [5.41, 5.74) is 1.25. The van der Waals surface area contributed by atoms with Gasteiger partial charge < -0.3 is 5.11 Å². The van der Waals surface area contributed by atoms with Gasteiger partial charge in [-0.05, 0) is 42.8 Å². The lowest BCUT2D eigenvalue weighted by atomic mass is 10.1. The predicted octanol–water partition coefficient (Wildman–Crippen LogP) is 4.10. The van der Waals surface area contributed by atoms with Crippen molar-refractivity contribution in [3.63, 3.8) is 0 Å². The van der Waals surface area contributed by atoms with Gasteiger partial charge in [0.15, 0.2) is 4.47 Å². The Morgan fingerprint density at radius 1 is 1.21 bits per heavy atom. The number of aromatic nitrogens is 3. The summed E-state index contributed by atoms with van der Waals surface area (Å²) in [5, 5.41) is 14.1. The van der Waals surface area contributed by atoms with Crippen LogP contribution in [0.4, 0.5) is 0 Å². The van der Waals surface area contributed by atoms with Crippen molar-refractivity contribution in [1.82, 2.24) is 9.38 Å². The van der Waals surface area contributed by atoms with Gasteiger partial charge in [-0.25, -0.2) is 14.3 Å². The van der Waals surface area contributed by atoms with Crippen LogP contribution in [0.15, 0.2) is 47.5 Å². The Morgan fingerprint density at radius 2 is 1.93 bits per heavy atom. The summed E-state index contributed by atoms with van der Waals surface area (Å²) < 4.78 is 3.40. The third-order valence-electron chi connectivity index (χ3n) is 4.30. The van der Waals surface area contributed by atoms with Crippen molar-refractivity contribution in [3.05, 3.63) is 78.0 Å². The molecule has 3 aromatic heterocycles. The Morgan fingerprint density at radius 3 is 2.57 bits per heavy atom. The second kappa shape index (κ2) is 7.37. The van der Waals surface area contributed by atoms with Gasteiger partial charge in [-0.2, -0.15) is 4.40 Å². The molecule has 0 aliphatic rings. The fourth-order valence-corrected chi connectivity index (χ4v) is 4.66. The topological polar surface area (TPSA) is 61.3 Å². The minimum absolute atomic E-state index is 0.00288. The van der Waals surface area contributed by atoms with Crippen LogP contribution in [0.25, 0.3) is 16.8 Å². The van der Waals surface area contributed by atoms with Crippen LogP contribution in [0.5, 0.6) is 5.88 Å². The molecule has 4 rings (SSSR count). The lowest BCUT2D eigenvalue weighted by molar-refractivity contribution is -0.707. The maximum absolute atomic E-state index is 13.4. The Kier molecular flexibility index (Phi) is 5.05. The first kappa shape index (κ1) is 19.2. The van der Waals surface area contributed by atoms with Crippen LogP contribution in [-0.4, -0.2) is 9.38 Å². The number of halogens is 3. The molecule has 0 bridgehead atoms. The SMILES string of the molecule is Cc1cccn2c(=O)c(-c3cc(Cl)cc(Cl)c3)c([O-])[n+](Cc3cnc(Cl)s3)c12. The van der Waals surface area contributed by atoms with Crippen molar-refractivity contribution in [3.8, 4) is 17.0 Å². The first-order chi connectivity index (χ1) is 13.3. The summed E-state index contributed by atoms with van der Waals surface area (Å²) >= 11 is 19.4. The zero-order valence-electron chi connectivity index (χ0n) is 14.4. The van der Waals surface area contributed by atoms with Crippen LogP contribution < -0.4 is 15.2 Å². The van der Waals surface area contributed by atoms with Crippen LogP contribution in [0.1, 0.15) is 10.4 Å². The van der Waals surface area contributed by atoms with Crippen molar-refractivity contribution >= 4 is 51.8 Å². The number of nitrogens with zero attached hydrogens (tertiary/aromatic N) is 3. The van der Waals surface area contributed by atoms with E-state index in [0.717, 1.165) is 10.4 Å². The Balaban J connectivity index is 2.08. The van der Waals surface area contributed by atoms with Gasteiger partial charge >= 0.3 is 5.56 Å². The molecule has 0 spiro atoms. The van der Waals surface area contributed by atoms with Crippen molar-refractivity contribution < 1.29 is 9.67 Å². The van der Waals surface area contributed by atoms with Gasteiger partial charge in [0, 0.05) is 21.8 Å². The van der Waals surface area contributed by atoms with E-state index in [-0.39, 0.29) is 12.1 Å². The summed E-state index contributed by atoms with van der Waals surface area (Å²) in [4.78, 5) is 18.0. The number of rotatable bonds is 3. The molecule has 5 nitrogen and oxygen atoms in total. The van der Waals surface area contributed by atoms with Gasteiger partial charge in [0.25, 0.3) is 5.65 Å². The van der Waals surface area contributed by atoms with Crippen molar-refractivity contribution in [2.45, 2.75) is 13.5 Å². The van der Waals surface area contributed by atoms with E-state index in [4.69, 9.17) is 34.8 Å². The molecule has 28 heavy (non-hydrogen) atoms. The molecule has 0 unspecified atom stereocenters. The second-order valence-corrected chi connectivity index (χ2v) is 8.76. The van der Waals surface area contributed by atoms with E-state index in [1.165, 1.54) is 15.7 Å². The predicted molar refractivity (Wildman–Crippen MR) is 110 cm³/mol. The number of thiazole rings is 1. The van der Waals surface area contributed by atoms with E-state index in [9.17, 15) is 9.90 Å². The molecule has 142 valence electrons. The van der Waals surface area contributed by atoms with Gasteiger partial charge in [-0.15, -0.1) is 11.3 Å². The lowest BCUT2D eigenvalue weighted by Gasteiger charge is -2.17. The van der Waals surface area contributed by atoms with Crippen LogP contribution in [0, 0.1) is 6.92 Å². The van der Waals surface area contributed by atoms with E-state index >= 15 is 0 Å². The van der Waals surface area contributed by atoms with Crippen LogP contribution in [0.3, 0.4) is 0 Å². The highest BCUT2D eigenvalue weighted by molar-refractivity contribution is 7.15. The Labute approximate surface area is 179 Å². The smallest absolute Gasteiger partial charge is 0.349 e. The van der Waals surface area contributed by atoms with E-state index in [2.05, 4.69) is 4.98 Å². The highest BCUT2D eigenvalue weighted by Gasteiger charge is 2.22. The molecule has 0 amide bonds. The molecule has 3 heterocycles. The third-order valence-corrected chi connectivity index (χ3v) is 5.84. The molecule has 4 aromatic rings. The number of fused-ring (bicyclic) bond motifs is 1. The van der Waals surface area contributed by atoms with E-state index in [1.54, 1.807) is 41.2 Å². The van der Waals surface area contributed by atoms with Gasteiger partial charge in [0.2, 0.25) is 0 Å². The molecule has 1 aromatic carbocycles. The average molecular weight is 453 g/mol. The largest absolute Gasteiger partial charge is 0.842 e. The fraction of sp³-hybridized carbons (Fsp3) is 0.105. The average Bonchev–Trinajstić information content (AvgIpc) is 3.03. The molecule has 0 fully saturated rings. The lowest BCUT2D eigenvalue weighted by Crippen LogP contribution is -2.44. The zero-order chi connectivity index (χ0) is 20.0. The minimum atomic E-state index is -0.430. The van der Waals surface area contributed by atoms with Crippen molar-refractivity contribution in [1.29, 1.82) is 0 Å². The molecule has 0 aliphatic heterocycles. The number of hydrogen-bond acceptors (Lipinski definition) is 4. The van der Waals surface area contributed by atoms with Gasteiger partial charge in [0.1, 0.15) is 12.1 Å². The highest BCUT2D eigenvalue weighted by atomic mass is 35.5. The van der Waals surface area contributed by atoms with Gasteiger partial charge in [-0.3, -0.25) is 0 Å². The molecular formula is C19H12Cl3N3O2S. The molecule has 0 radical (unpaired) electrons. The first-order valence-electron chi connectivity index (χ1n) is 8.16. The maximum atomic E-state index is 13.4. The molecule has 0 aliphatic carbocycles. The molecule has 9 heteroatoms. The minimum Gasteiger partial charge on any atom is -0.842 e. The fourth-order valence-electron chi connectivity index (χ4n) is 3.16. The highest BCUT2D eigenvalue weighted by Crippen LogP contribution is 2.29. The second-order valence-electron chi connectivity index (χ2n) is 6.19. The summed E-state index contributed by atoms with van der Waals surface area (Å²) in [5.74, 6) is -0.429. The van der Waals surface area contributed by atoms with E-state index in [1.807, 2.05) is 13.0 Å². The monoisotopic (exact) mass is 451 g/mol. The molecule has 0 saturated heterocycles. The molecule has 0 atom stereocenters. The van der Waals surface area contributed by atoms with Crippen molar-refractivity contribution in [2.75, 3.05) is 0 Å². The molecule has 0 saturated carbocycles. The quantitative estimate of drug-likeness (QED) is 0.440. The number of aryl methyl sites for hydroxylation is 1. The maximum Gasteiger partial charge on any atom is 0.349 e. The normalized spacial score (nSPS) is 11.3. The van der Waals surface area contributed by atoms with Gasteiger partial charge in [-0.1, -0.05) is 34.8 Å². The summed E-state index contributed by atoms with van der Waals surface area (Å²) in [6, 6.07) is 8.27. The van der Waals surface area contributed by atoms with Crippen LogP contribution >= 0.6 is 46.1 Å². The van der Waals surface area contributed by atoms with Crippen LogP contribution in [0.2, 0.25) is 14.5 Å². The number of hydrogen-bond donors (Lipinski definition) is 0. The summed E-state index contributed by atoms with van der Waals surface area (Å²) in [6.45, 7) is 2.08. The summed E-state index contributed by atoms with van der Waals surface area (Å²) in [7, 11) is 0. The zero-order valence-corrected chi connectivity index (χ0v) is 17.5. The first-order valence-corrected chi connectivity index (χ1v) is 10.1. The molecule has 0 N–H and O–H groups in total.